The number of carbonyl (C=O) groups excluding carboxylic acids is 1. The van der Waals surface area contributed by atoms with E-state index in [1.54, 1.807) is 11.1 Å². The second kappa shape index (κ2) is 7.43. The number of rotatable bonds is 4. The van der Waals surface area contributed by atoms with Crippen molar-refractivity contribution in [3.8, 4) is 0 Å². The van der Waals surface area contributed by atoms with Crippen LogP contribution < -0.4 is 0 Å². The molecule has 2 aromatic heterocycles. The third kappa shape index (κ3) is 4.59. The van der Waals surface area contributed by atoms with E-state index in [1.165, 1.54) is 12.4 Å². The molecule has 0 aliphatic carbocycles. The SMILES string of the molecule is Cc1ccnc(C2CCN(C(=O)c3cnn(CCC(F)(F)F)c3)CC2)n1. The monoisotopic (exact) mass is 367 g/mol. The van der Waals surface area contributed by atoms with Gasteiger partial charge in [0.25, 0.3) is 5.91 Å². The molecule has 26 heavy (non-hydrogen) atoms. The predicted octanol–water partition coefficient (Wildman–Crippen LogP) is 2.95. The van der Waals surface area contributed by atoms with Crippen LogP contribution in [0.25, 0.3) is 0 Å². The van der Waals surface area contributed by atoms with Crippen LogP contribution in [0.5, 0.6) is 0 Å². The van der Waals surface area contributed by atoms with Crippen molar-refractivity contribution in [1.82, 2.24) is 24.6 Å². The first-order valence-corrected chi connectivity index (χ1v) is 8.50. The zero-order valence-corrected chi connectivity index (χ0v) is 14.4. The van der Waals surface area contributed by atoms with E-state index >= 15 is 0 Å². The normalized spacial score (nSPS) is 16.1. The van der Waals surface area contributed by atoms with E-state index in [1.807, 2.05) is 13.0 Å². The number of aromatic nitrogens is 4. The predicted molar refractivity (Wildman–Crippen MR) is 87.5 cm³/mol. The highest BCUT2D eigenvalue weighted by Crippen LogP contribution is 2.26. The van der Waals surface area contributed by atoms with E-state index < -0.39 is 12.6 Å². The van der Waals surface area contributed by atoms with Crippen molar-refractivity contribution in [2.75, 3.05) is 13.1 Å². The largest absolute Gasteiger partial charge is 0.390 e. The quantitative estimate of drug-likeness (QED) is 0.834. The summed E-state index contributed by atoms with van der Waals surface area (Å²) in [5, 5.41) is 3.86. The van der Waals surface area contributed by atoms with Crippen molar-refractivity contribution in [1.29, 1.82) is 0 Å². The number of likely N-dealkylation sites (tertiary alicyclic amines) is 1. The molecule has 0 bridgehead atoms. The van der Waals surface area contributed by atoms with E-state index in [0.29, 0.717) is 18.7 Å². The van der Waals surface area contributed by atoms with Gasteiger partial charge in [-0.15, -0.1) is 0 Å². The molecule has 0 atom stereocenters. The summed E-state index contributed by atoms with van der Waals surface area (Å²) in [6.45, 7) is 2.76. The molecule has 1 aliphatic rings. The van der Waals surface area contributed by atoms with Crippen molar-refractivity contribution in [3.05, 3.63) is 41.7 Å². The van der Waals surface area contributed by atoms with E-state index in [4.69, 9.17) is 0 Å². The lowest BCUT2D eigenvalue weighted by Crippen LogP contribution is -2.38. The maximum atomic E-state index is 12.5. The van der Waals surface area contributed by atoms with Crippen molar-refractivity contribution in [2.45, 2.75) is 44.8 Å². The lowest BCUT2D eigenvalue weighted by atomic mass is 9.95. The lowest BCUT2D eigenvalue weighted by molar-refractivity contribution is -0.137. The van der Waals surface area contributed by atoms with Crippen molar-refractivity contribution < 1.29 is 18.0 Å². The minimum Gasteiger partial charge on any atom is -0.339 e. The maximum absolute atomic E-state index is 12.5. The van der Waals surface area contributed by atoms with Gasteiger partial charge in [0.15, 0.2) is 0 Å². The first-order chi connectivity index (χ1) is 12.3. The Morgan fingerprint density at radius 1 is 1.31 bits per heavy atom. The third-order valence-electron chi connectivity index (χ3n) is 4.47. The molecule has 0 radical (unpaired) electrons. The first kappa shape index (κ1) is 18.3. The minimum absolute atomic E-state index is 0.202. The number of piperidine rings is 1. The Morgan fingerprint density at radius 2 is 2.04 bits per heavy atom. The molecule has 0 aromatic carbocycles. The van der Waals surface area contributed by atoms with E-state index in [0.717, 1.165) is 29.0 Å². The standard InChI is InChI=1S/C17H20F3N5O/c1-12-2-6-21-15(23-12)13-3-7-24(8-4-13)16(26)14-10-22-25(11-14)9-5-17(18,19)20/h2,6,10-11,13H,3-5,7-9H2,1H3. The van der Waals surface area contributed by atoms with Gasteiger partial charge in [-0.05, 0) is 25.8 Å². The van der Waals surface area contributed by atoms with Gasteiger partial charge < -0.3 is 4.90 Å². The molecule has 1 amide bonds. The van der Waals surface area contributed by atoms with Gasteiger partial charge in [-0.3, -0.25) is 9.48 Å². The van der Waals surface area contributed by atoms with Crippen LogP contribution in [0.1, 0.15) is 47.1 Å². The average molecular weight is 367 g/mol. The summed E-state index contributed by atoms with van der Waals surface area (Å²) in [7, 11) is 0. The molecule has 1 fully saturated rings. The topological polar surface area (TPSA) is 63.9 Å². The first-order valence-electron chi connectivity index (χ1n) is 8.50. The summed E-state index contributed by atoms with van der Waals surface area (Å²) >= 11 is 0. The van der Waals surface area contributed by atoms with Crippen LogP contribution in [0.4, 0.5) is 13.2 Å². The molecule has 3 heterocycles. The number of amides is 1. The highest BCUT2D eigenvalue weighted by atomic mass is 19.4. The number of hydrogen-bond donors (Lipinski definition) is 0. The fourth-order valence-electron chi connectivity index (χ4n) is 3.03. The molecular formula is C17H20F3N5O. The molecule has 0 unspecified atom stereocenters. The summed E-state index contributed by atoms with van der Waals surface area (Å²) in [4.78, 5) is 23.0. The summed E-state index contributed by atoms with van der Waals surface area (Å²) in [5.41, 5.74) is 1.23. The van der Waals surface area contributed by atoms with Gasteiger partial charge in [0.2, 0.25) is 0 Å². The highest BCUT2D eigenvalue weighted by Gasteiger charge is 2.28. The number of alkyl halides is 3. The molecule has 0 saturated carbocycles. The Bertz CT molecular complexity index is 766. The minimum atomic E-state index is -4.24. The van der Waals surface area contributed by atoms with Gasteiger partial charge in [0, 0.05) is 43.6 Å². The van der Waals surface area contributed by atoms with Gasteiger partial charge in [-0.1, -0.05) is 0 Å². The van der Waals surface area contributed by atoms with Gasteiger partial charge >= 0.3 is 6.18 Å². The fraction of sp³-hybridized carbons (Fsp3) is 0.529. The smallest absolute Gasteiger partial charge is 0.339 e. The number of hydrogen-bond acceptors (Lipinski definition) is 4. The molecule has 0 spiro atoms. The molecule has 2 aromatic rings. The third-order valence-corrected chi connectivity index (χ3v) is 4.47. The second-order valence-electron chi connectivity index (χ2n) is 6.48. The molecule has 3 rings (SSSR count). The van der Waals surface area contributed by atoms with Crippen LogP contribution in [-0.4, -0.2) is 49.8 Å². The van der Waals surface area contributed by atoms with Crippen LogP contribution in [0.3, 0.4) is 0 Å². The molecule has 0 N–H and O–H groups in total. The fourth-order valence-corrected chi connectivity index (χ4v) is 3.03. The van der Waals surface area contributed by atoms with Crippen LogP contribution in [-0.2, 0) is 6.54 Å². The zero-order valence-electron chi connectivity index (χ0n) is 14.4. The van der Waals surface area contributed by atoms with E-state index in [9.17, 15) is 18.0 Å². The summed E-state index contributed by atoms with van der Waals surface area (Å²) in [6.07, 6.45) is 0.762. The van der Waals surface area contributed by atoms with E-state index in [2.05, 4.69) is 15.1 Å². The lowest BCUT2D eigenvalue weighted by Gasteiger charge is -2.31. The number of carbonyl (C=O) groups is 1. The van der Waals surface area contributed by atoms with Crippen LogP contribution in [0, 0.1) is 6.92 Å². The molecule has 1 saturated heterocycles. The van der Waals surface area contributed by atoms with E-state index in [-0.39, 0.29) is 18.4 Å². The van der Waals surface area contributed by atoms with Crippen molar-refractivity contribution in [3.63, 3.8) is 0 Å². The summed E-state index contributed by atoms with van der Waals surface area (Å²) in [6, 6.07) is 1.85. The molecular weight excluding hydrogens is 347 g/mol. The number of aryl methyl sites for hydroxylation is 2. The van der Waals surface area contributed by atoms with Gasteiger partial charge in [0.05, 0.1) is 18.2 Å². The summed E-state index contributed by atoms with van der Waals surface area (Å²) < 4.78 is 38.0. The van der Waals surface area contributed by atoms with Crippen LogP contribution in [0.2, 0.25) is 0 Å². The Kier molecular flexibility index (Phi) is 5.24. The van der Waals surface area contributed by atoms with Crippen molar-refractivity contribution in [2.24, 2.45) is 0 Å². The molecule has 9 heteroatoms. The summed E-state index contributed by atoms with van der Waals surface area (Å²) in [5.74, 6) is 0.817. The maximum Gasteiger partial charge on any atom is 0.390 e. The Labute approximate surface area is 149 Å². The van der Waals surface area contributed by atoms with Crippen LogP contribution >= 0.6 is 0 Å². The van der Waals surface area contributed by atoms with Crippen LogP contribution in [0.15, 0.2) is 24.7 Å². The number of halogens is 3. The van der Waals surface area contributed by atoms with Gasteiger partial charge in [-0.2, -0.15) is 18.3 Å². The average Bonchev–Trinajstić information content (AvgIpc) is 3.08. The molecule has 1 aliphatic heterocycles. The Hall–Kier alpha value is -2.45. The Morgan fingerprint density at radius 3 is 2.69 bits per heavy atom. The number of nitrogens with zero attached hydrogens (tertiary/aromatic N) is 5. The highest BCUT2D eigenvalue weighted by molar-refractivity contribution is 5.93. The van der Waals surface area contributed by atoms with Crippen molar-refractivity contribution >= 4 is 5.91 Å². The van der Waals surface area contributed by atoms with Gasteiger partial charge in [0.1, 0.15) is 5.82 Å². The Balaban J connectivity index is 1.56. The molecule has 6 nitrogen and oxygen atoms in total. The zero-order chi connectivity index (χ0) is 18.7. The van der Waals surface area contributed by atoms with Gasteiger partial charge in [-0.25, -0.2) is 9.97 Å². The molecule has 140 valence electrons. The second-order valence-corrected chi connectivity index (χ2v) is 6.48.